The van der Waals surface area contributed by atoms with Crippen LogP contribution in [0.1, 0.15) is 27.4 Å². The molecule has 1 fully saturated rings. The van der Waals surface area contributed by atoms with E-state index in [1.807, 2.05) is 0 Å². The van der Waals surface area contributed by atoms with Crippen molar-refractivity contribution in [1.82, 2.24) is 0 Å². The molecule has 5 nitrogen and oxygen atoms in total. The molecule has 37 heavy (non-hydrogen) atoms. The number of nitrogens with one attached hydrogen (secondary N) is 2. The maximum absolute atomic E-state index is 14.8. The van der Waals surface area contributed by atoms with E-state index in [4.69, 9.17) is 40.5 Å². The summed E-state index contributed by atoms with van der Waals surface area (Å²) in [6.07, 6.45) is 0.577. The Labute approximate surface area is 223 Å². The van der Waals surface area contributed by atoms with Gasteiger partial charge in [0.05, 0.1) is 21.7 Å². The van der Waals surface area contributed by atoms with Crippen LogP contribution < -0.4 is 16.4 Å². The van der Waals surface area contributed by atoms with Gasteiger partial charge in [-0.2, -0.15) is 0 Å². The van der Waals surface area contributed by atoms with Crippen molar-refractivity contribution in [3.8, 4) is 0 Å². The third-order valence-corrected chi connectivity index (χ3v) is 7.79. The summed E-state index contributed by atoms with van der Waals surface area (Å²) in [6, 6.07) is 8.23. The molecule has 0 radical (unpaired) electrons. The molecule has 2 unspecified atom stereocenters. The molecule has 0 spiro atoms. The van der Waals surface area contributed by atoms with E-state index in [1.165, 1.54) is 25.1 Å². The van der Waals surface area contributed by atoms with Crippen molar-refractivity contribution >= 4 is 64.1 Å². The van der Waals surface area contributed by atoms with Crippen molar-refractivity contribution in [1.29, 1.82) is 0 Å². The minimum absolute atomic E-state index is 0.0649. The zero-order valence-corrected chi connectivity index (χ0v) is 21.2. The van der Waals surface area contributed by atoms with Gasteiger partial charge in [0, 0.05) is 18.2 Å². The topological polar surface area (TPSA) is 84.2 Å². The van der Waals surface area contributed by atoms with Crippen LogP contribution in [0.25, 0.3) is 0 Å². The lowest BCUT2D eigenvalue weighted by Crippen LogP contribution is -2.23. The van der Waals surface area contributed by atoms with Crippen LogP contribution in [0, 0.1) is 35.6 Å². The molecule has 1 aliphatic carbocycles. The molecule has 3 aromatic rings. The Kier molecular flexibility index (Phi) is 7.09. The zero-order valence-electron chi connectivity index (χ0n) is 18.9. The molecule has 0 aliphatic heterocycles. The van der Waals surface area contributed by atoms with Crippen molar-refractivity contribution < 1.29 is 27.2 Å². The number of anilines is 3. The highest BCUT2D eigenvalue weighted by Gasteiger charge is 2.76. The molecule has 194 valence electrons. The van der Waals surface area contributed by atoms with Crippen molar-refractivity contribution in [3.05, 3.63) is 87.4 Å². The smallest absolute Gasteiger partial charge is 0.258 e. The fourth-order valence-electron chi connectivity index (χ4n) is 4.22. The summed E-state index contributed by atoms with van der Waals surface area (Å²) < 4.78 is 54.5. The van der Waals surface area contributed by atoms with Crippen molar-refractivity contribution in [3.63, 3.8) is 0 Å². The fraction of sp³-hybridized carbons (Fsp3) is 0.200. The number of halogens is 7. The third kappa shape index (κ3) is 4.60. The first-order valence-electron chi connectivity index (χ1n) is 10.7. The molecule has 12 heteroatoms. The summed E-state index contributed by atoms with van der Waals surface area (Å²) in [5, 5.41) is 4.94. The van der Waals surface area contributed by atoms with Gasteiger partial charge < -0.3 is 21.2 Å². The number of alkyl halides is 2. The molecule has 4 rings (SSSR count). The van der Waals surface area contributed by atoms with Gasteiger partial charge in [0.15, 0.2) is 5.82 Å². The molecule has 0 saturated heterocycles. The largest absolute Gasteiger partial charge is 0.394 e. The van der Waals surface area contributed by atoms with E-state index in [2.05, 4.69) is 10.6 Å². The summed E-state index contributed by atoms with van der Waals surface area (Å²) in [7, 11) is 0. The Bertz CT molecular complexity index is 1440. The molecule has 1 aliphatic rings. The first-order valence-corrected chi connectivity index (χ1v) is 11.9. The van der Waals surface area contributed by atoms with Gasteiger partial charge in [-0.05, 0) is 54.4 Å². The van der Waals surface area contributed by atoms with Gasteiger partial charge in [-0.15, -0.1) is 0 Å². The molecule has 3 aromatic carbocycles. The number of aldehydes is 1. The number of amides is 1. The van der Waals surface area contributed by atoms with Gasteiger partial charge in [0.25, 0.3) is 5.91 Å². The number of hydrogen-bond acceptors (Lipinski definition) is 4. The van der Waals surface area contributed by atoms with E-state index in [9.17, 15) is 27.2 Å². The summed E-state index contributed by atoms with van der Waals surface area (Å²) in [5.74, 6) is -5.49. The van der Waals surface area contributed by atoms with Gasteiger partial charge in [0.1, 0.15) is 33.8 Å². The Morgan fingerprint density at radius 1 is 1.05 bits per heavy atom. The molecule has 1 saturated carbocycles. The SMILES string of the molecule is Cc1cc(NCC2(C=O)C(c3ccc(F)c(Cl)c3)C2(Cl)Cl)cc(C(=O)Nc2ccc(F)c(N)c2F)c1F. The maximum atomic E-state index is 14.8. The Hall–Kier alpha value is -3.01. The van der Waals surface area contributed by atoms with E-state index in [0.717, 1.165) is 24.3 Å². The predicted molar refractivity (Wildman–Crippen MR) is 135 cm³/mol. The molecule has 0 heterocycles. The lowest BCUT2D eigenvalue weighted by atomic mass is 10.00. The van der Waals surface area contributed by atoms with Gasteiger partial charge in [-0.1, -0.05) is 40.9 Å². The average Bonchev–Trinajstić information content (AvgIpc) is 3.36. The average molecular weight is 575 g/mol. The summed E-state index contributed by atoms with van der Waals surface area (Å²) in [5.41, 5.74) is 3.01. The van der Waals surface area contributed by atoms with E-state index in [1.54, 1.807) is 0 Å². The van der Waals surface area contributed by atoms with Crippen LogP contribution in [0.15, 0.2) is 42.5 Å². The molecular formula is C25H18Cl3F4N3O2. The van der Waals surface area contributed by atoms with Crippen LogP contribution in [0.5, 0.6) is 0 Å². The predicted octanol–water partition coefficient (Wildman–Crippen LogP) is 6.61. The minimum atomic E-state index is -1.56. The Morgan fingerprint density at radius 3 is 2.38 bits per heavy atom. The third-order valence-electron chi connectivity index (χ3n) is 6.36. The molecule has 0 aromatic heterocycles. The molecule has 1 amide bonds. The number of rotatable bonds is 7. The molecule has 4 N–H and O–H groups in total. The van der Waals surface area contributed by atoms with Crippen molar-refractivity contribution in [2.45, 2.75) is 17.2 Å². The van der Waals surface area contributed by atoms with Crippen LogP contribution in [0.2, 0.25) is 5.02 Å². The molecular weight excluding hydrogens is 557 g/mol. The number of nitrogens with two attached hydrogens (primary N) is 1. The second-order valence-electron chi connectivity index (χ2n) is 8.67. The highest BCUT2D eigenvalue weighted by atomic mass is 35.5. The van der Waals surface area contributed by atoms with Crippen LogP contribution in [0.3, 0.4) is 0 Å². The second kappa shape index (κ2) is 9.70. The van der Waals surface area contributed by atoms with Crippen LogP contribution in [-0.4, -0.2) is 23.1 Å². The van der Waals surface area contributed by atoms with Crippen molar-refractivity contribution in [2.24, 2.45) is 5.41 Å². The normalized spacial score (nSPS) is 19.8. The quantitative estimate of drug-likeness (QED) is 0.128. The van der Waals surface area contributed by atoms with Gasteiger partial charge in [-0.25, -0.2) is 17.6 Å². The maximum Gasteiger partial charge on any atom is 0.258 e. The van der Waals surface area contributed by atoms with E-state index in [0.29, 0.717) is 11.8 Å². The standard InChI is InChI=1S/C25H18Cl3F4N3O2/c1-11-6-13(8-14(19(11)31)23(37)35-18-5-4-17(30)21(33)20(18)32)34-9-24(10-36)22(25(24,27)28)12-2-3-16(29)15(26)7-12/h2-8,10,22,34H,9,33H2,1H3,(H,35,37). The minimum Gasteiger partial charge on any atom is -0.394 e. The second-order valence-corrected chi connectivity index (χ2v) is 10.5. The number of aryl methyl sites for hydroxylation is 1. The van der Waals surface area contributed by atoms with Crippen LogP contribution in [-0.2, 0) is 4.79 Å². The number of carbonyl (C=O) groups excluding carboxylic acids is 2. The zero-order chi connectivity index (χ0) is 27.3. The van der Waals surface area contributed by atoms with Gasteiger partial charge in [-0.3, -0.25) is 4.79 Å². The van der Waals surface area contributed by atoms with E-state index < -0.39 is 61.8 Å². The summed E-state index contributed by atoms with van der Waals surface area (Å²) in [4.78, 5) is 24.9. The van der Waals surface area contributed by atoms with E-state index >= 15 is 0 Å². The molecule has 0 bridgehead atoms. The van der Waals surface area contributed by atoms with Gasteiger partial charge >= 0.3 is 0 Å². The first kappa shape index (κ1) is 27.0. The summed E-state index contributed by atoms with van der Waals surface area (Å²) in [6.45, 7) is 1.27. The van der Waals surface area contributed by atoms with Crippen LogP contribution >= 0.6 is 34.8 Å². The number of hydrogen-bond donors (Lipinski definition) is 3. The lowest BCUT2D eigenvalue weighted by molar-refractivity contribution is -0.112. The number of carbonyl (C=O) groups is 2. The lowest BCUT2D eigenvalue weighted by Gasteiger charge is -2.16. The van der Waals surface area contributed by atoms with Crippen molar-refractivity contribution in [2.75, 3.05) is 22.9 Å². The first-order chi connectivity index (χ1) is 17.3. The van der Waals surface area contributed by atoms with E-state index in [-0.39, 0.29) is 22.8 Å². The fourth-order valence-corrected chi connectivity index (χ4v) is 5.39. The highest BCUT2D eigenvalue weighted by molar-refractivity contribution is 6.54. The van der Waals surface area contributed by atoms with Gasteiger partial charge in [0.2, 0.25) is 0 Å². The summed E-state index contributed by atoms with van der Waals surface area (Å²) >= 11 is 18.8. The monoisotopic (exact) mass is 573 g/mol. The van der Waals surface area contributed by atoms with Crippen LogP contribution in [0.4, 0.5) is 34.6 Å². The Morgan fingerprint density at radius 2 is 1.73 bits per heavy atom. The highest BCUT2D eigenvalue weighted by Crippen LogP contribution is 2.73. The number of benzene rings is 3. The molecule has 2 atom stereocenters. The Balaban J connectivity index is 1.58. The number of nitrogen functional groups attached to an aromatic ring is 1.